The maximum Gasteiger partial charge on any atom is 0.191 e. The third-order valence-corrected chi connectivity index (χ3v) is 4.37. The lowest BCUT2D eigenvalue weighted by molar-refractivity contribution is 0.206. The fourth-order valence-electron chi connectivity index (χ4n) is 3.07. The smallest absolute Gasteiger partial charge is 0.191 e. The SMILES string of the molecule is CCCN1CCC(NC(=NCCCCn2cnnc2)NCC)CC1. The van der Waals surface area contributed by atoms with Crippen LogP contribution in [-0.4, -0.2) is 64.4 Å². The molecule has 2 rings (SSSR count). The molecule has 0 bridgehead atoms. The van der Waals surface area contributed by atoms with Crippen LogP contribution < -0.4 is 10.6 Å². The molecule has 24 heavy (non-hydrogen) atoms. The molecule has 1 fully saturated rings. The van der Waals surface area contributed by atoms with Crippen LogP contribution in [0.1, 0.15) is 46.0 Å². The topological polar surface area (TPSA) is 70.4 Å². The van der Waals surface area contributed by atoms with Gasteiger partial charge in [-0.2, -0.15) is 0 Å². The number of unbranched alkanes of at least 4 members (excludes halogenated alkanes) is 1. The van der Waals surface area contributed by atoms with E-state index >= 15 is 0 Å². The van der Waals surface area contributed by atoms with E-state index in [1.54, 1.807) is 12.7 Å². The van der Waals surface area contributed by atoms with Crippen molar-refractivity contribution in [3.05, 3.63) is 12.7 Å². The number of rotatable bonds is 9. The van der Waals surface area contributed by atoms with E-state index in [-0.39, 0.29) is 0 Å². The Hall–Kier alpha value is -1.63. The predicted molar refractivity (Wildman–Crippen MR) is 98.1 cm³/mol. The molecule has 1 aliphatic rings. The second-order valence-corrected chi connectivity index (χ2v) is 6.43. The van der Waals surface area contributed by atoms with E-state index in [2.05, 4.69) is 39.6 Å². The summed E-state index contributed by atoms with van der Waals surface area (Å²) < 4.78 is 2.01. The average Bonchev–Trinajstić information content (AvgIpc) is 3.10. The van der Waals surface area contributed by atoms with Crippen LogP contribution >= 0.6 is 0 Å². The number of aliphatic imine (C=N–C) groups is 1. The van der Waals surface area contributed by atoms with E-state index in [4.69, 9.17) is 4.99 Å². The van der Waals surface area contributed by atoms with Crippen LogP contribution in [0.15, 0.2) is 17.6 Å². The van der Waals surface area contributed by atoms with Crippen molar-refractivity contribution in [3.63, 3.8) is 0 Å². The highest BCUT2D eigenvalue weighted by atomic mass is 15.2. The highest BCUT2D eigenvalue weighted by Gasteiger charge is 2.19. The fourth-order valence-corrected chi connectivity index (χ4v) is 3.07. The number of hydrogen-bond donors (Lipinski definition) is 2. The van der Waals surface area contributed by atoms with Crippen LogP contribution in [0, 0.1) is 0 Å². The summed E-state index contributed by atoms with van der Waals surface area (Å²) in [6.45, 7) is 10.7. The Morgan fingerprint density at radius 1 is 1.12 bits per heavy atom. The summed E-state index contributed by atoms with van der Waals surface area (Å²) in [4.78, 5) is 7.28. The lowest BCUT2D eigenvalue weighted by Crippen LogP contribution is -2.48. The zero-order chi connectivity index (χ0) is 17.0. The minimum absolute atomic E-state index is 0.549. The van der Waals surface area contributed by atoms with E-state index < -0.39 is 0 Å². The number of piperidine rings is 1. The van der Waals surface area contributed by atoms with Gasteiger partial charge < -0.3 is 20.1 Å². The number of nitrogens with zero attached hydrogens (tertiary/aromatic N) is 5. The Kier molecular flexibility index (Phi) is 8.59. The second-order valence-electron chi connectivity index (χ2n) is 6.43. The van der Waals surface area contributed by atoms with Crippen molar-refractivity contribution >= 4 is 5.96 Å². The molecule has 136 valence electrons. The first-order chi connectivity index (χ1) is 11.8. The van der Waals surface area contributed by atoms with Gasteiger partial charge in [0.25, 0.3) is 0 Å². The molecule has 7 heteroatoms. The highest BCUT2D eigenvalue weighted by Crippen LogP contribution is 2.10. The molecule has 0 spiro atoms. The van der Waals surface area contributed by atoms with Gasteiger partial charge in [0, 0.05) is 38.8 Å². The summed E-state index contributed by atoms with van der Waals surface area (Å²) in [6, 6.07) is 0.549. The van der Waals surface area contributed by atoms with Crippen molar-refractivity contribution in [1.29, 1.82) is 0 Å². The second kappa shape index (κ2) is 11.0. The van der Waals surface area contributed by atoms with Crippen LogP contribution in [0.4, 0.5) is 0 Å². The lowest BCUT2D eigenvalue weighted by atomic mass is 10.1. The number of aromatic nitrogens is 3. The molecule has 2 heterocycles. The zero-order valence-electron chi connectivity index (χ0n) is 15.2. The zero-order valence-corrected chi connectivity index (χ0v) is 15.2. The summed E-state index contributed by atoms with van der Waals surface area (Å²) in [5.74, 6) is 0.968. The van der Waals surface area contributed by atoms with E-state index in [1.165, 1.54) is 38.9 Å². The number of hydrogen-bond acceptors (Lipinski definition) is 4. The van der Waals surface area contributed by atoms with E-state index in [0.29, 0.717) is 6.04 Å². The monoisotopic (exact) mass is 335 g/mol. The molecule has 1 aromatic rings. The van der Waals surface area contributed by atoms with Gasteiger partial charge in [-0.1, -0.05) is 6.92 Å². The lowest BCUT2D eigenvalue weighted by Gasteiger charge is -2.32. The normalized spacial score (nSPS) is 17.2. The number of guanidine groups is 1. The van der Waals surface area contributed by atoms with Gasteiger partial charge in [-0.3, -0.25) is 4.99 Å². The molecule has 1 saturated heterocycles. The molecular formula is C17H33N7. The molecule has 0 aliphatic carbocycles. The summed E-state index contributed by atoms with van der Waals surface area (Å²) in [7, 11) is 0. The molecule has 1 aliphatic heterocycles. The van der Waals surface area contributed by atoms with Crippen molar-refractivity contribution in [2.24, 2.45) is 4.99 Å². The van der Waals surface area contributed by atoms with Gasteiger partial charge in [0.15, 0.2) is 5.96 Å². The summed E-state index contributed by atoms with van der Waals surface area (Å²) in [5.41, 5.74) is 0. The third-order valence-electron chi connectivity index (χ3n) is 4.37. The molecule has 7 nitrogen and oxygen atoms in total. The molecule has 0 aromatic carbocycles. The van der Waals surface area contributed by atoms with Gasteiger partial charge in [-0.05, 0) is 45.6 Å². The molecule has 0 amide bonds. The number of aryl methyl sites for hydroxylation is 1. The Morgan fingerprint density at radius 3 is 2.54 bits per heavy atom. The van der Waals surface area contributed by atoms with Gasteiger partial charge in [-0.25, -0.2) is 0 Å². The molecule has 1 aromatic heterocycles. The molecular weight excluding hydrogens is 302 g/mol. The van der Waals surface area contributed by atoms with E-state index in [9.17, 15) is 0 Å². The quantitative estimate of drug-likeness (QED) is 0.406. The molecule has 2 N–H and O–H groups in total. The Morgan fingerprint density at radius 2 is 1.88 bits per heavy atom. The van der Waals surface area contributed by atoms with E-state index in [0.717, 1.165) is 38.4 Å². The summed E-state index contributed by atoms with van der Waals surface area (Å²) in [5, 5.41) is 14.6. The van der Waals surface area contributed by atoms with Crippen LogP contribution in [0.25, 0.3) is 0 Å². The minimum atomic E-state index is 0.549. The molecule has 0 unspecified atom stereocenters. The number of likely N-dealkylation sites (tertiary alicyclic amines) is 1. The first kappa shape index (κ1) is 18.7. The average molecular weight is 336 g/mol. The molecule has 0 saturated carbocycles. The maximum absolute atomic E-state index is 4.72. The van der Waals surface area contributed by atoms with Crippen LogP contribution in [0.3, 0.4) is 0 Å². The Balaban J connectivity index is 1.66. The van der Waals surface area contributed by atoms with Crippen molar-refractivity contribution in [1.82, 2.24) is 30.3 Å². The maximum atomic E-state index is 4.72. The van der Waals surface area contributed by atoms with Gasteiger partial charge in [0.2, 0.25) is 0 Å². The third kappa shape index (κ3) is 6.86. The fraction of sp³-hybridized carbons (Fsp3) is 0.824. The highest BCUT2D eigenvalue weighted by molar-refractivity contribution is 5.80. The largest absolute Gasteiger partial charge is 0.357 e. The van der Waals surface area contributed by atoms with Crippen molar-refractivity contribution in [2.45, 2.75) is 58.5 Å². The van der Waals surface area contributed by atoms with Gasteiger partial charge in [-0.15, -0.1) is 10.2 Å². The van der Waals surface area contributed by atoms with Crippen molar-refractivity contribution < 1.29 is 0 Å². The standard InChI is InChI=1S/C17H33N7/c1-3-10-23-12-7-16(8-13-23)22-17(18-4-2)19-9-5-6-11-24-14-20-21-15-24/h14-16H,3-13H2,1-2H3,(H2,18,19,22). The van der Waals surface area contributed by atoms with Gasteiger partial charge >= 0.3 is 0 Å². The Labute approximate surface area is 145 Å². The van der Waals surface area contributed by atoms with Crippen LogP contribution in [-0.2, 0) is 6.54 Å². The van der Waals surface area contributed by atoms with E-state index in [1.807, 2.05) is 4.57 Å². The van der Waals surface area contributed by atoms with Crippen molar-refractivity contribution in [3.8, 4) is 0 Å². The summed E-state index contributed by atoms with van der Waals surface area (Å²) in [6.07, 6.45) is 9.35. The van der Waals surface area contributed by atoms with Crippen LogP contribution in [0.2, 0.25) is 0 Å². The van der Waals surface area contributed by atoms with Gasteiger partial charge in [0.05, 0.1) is 0 Å². The van der Waals surface area contributed by atoms with Crippen LogP contribution in [0.5, 0.6) is 0 Å². The first-order valence-electron chi connectivity index (χ1n) is 9.41. The molecule has 0 radical (unpaired) electrons. The minimum Gasteiger partial charge on any atom is -0.357 e. The Bertz CT molecular complexity index is 450. The van der Waals surface area contributed by atoms with Crippen molar-refractivity contribution in [2.75, 3.05) is 32.7 Å². The first-order valence-corrected chi connectivity index (χ1v) is 9.41. The predicted octanol–water partition coefficient (Wildman–Crippen LogP) is 1.49. The van der Waals surface area contributed by atoms with Gasteiger partial charge in [0.1, 0.15) is 12.7 Å². The molecule has 0 atom stereocenters. The summed E-state index contributed by atoms with van der Waals surface area (Å²) >= 11 is 0. The number of nitrogens with one attached hydrogen (secondary N) is 2.